The predicted molar refractivity (Wildman–Crippen MR) is 87.4 cm³/mol. The molecule has 0 atom stereocenters. The van der Waals surface area contributed by atoms with Gasteiger partial charge < -0.3 is 10.6 Å². The van der Waals surface area contributed by atoms with Gasteiger partial charge in [0.05, 0.1) is 16.3 Å². The summed E-state index contributed by atoms with van der Waals surface area (Å²) in [5.41, 5.74) is -0.01000. The molecular weight excluding hydrogens is 352 g/mol. The SMILES string of the molecule is Cc1ccc(NC(=S)Nc2cc(C(F)(F)F)ccc2Cl)cc1F. The number of anilines is 2. The van der Waals surface area contributed by atoms with Crippen molar-refractivity contribution in [2.24, 2.45) is 0 Å². The average molecular weight is 363 g/mol. The van der Waals surface area contributed by atoms with Crippen molar-refractivity contribution in [3.8, 4) is 0 Å². The molecule has 0 fully saturated rings. The Kier molecular flexibility index (Phi) is 5.11. The van der Waals surface area contributed by atoms with Gasteiger partial charge in [-0.05, 0) is 55.0 Å². The molecule has 0 spiro atoms. The quantitative estimate of drug-likeness (QED) is 0.536. The molecule has 0 saturated carbocycles. The van der Waals surface area contributed by atoms with E-state index in [4.69, 9.17) is 23.8 Å². The van der Waals surface area contributed by atoms with Gasteiger partial charge in [-0.1, -0.05) is 17.7 Å². The number of aryl methyl sites for hydroxylation is 1. The number of halogens is 5. The zero-order chi connectivity index (χ0) is 17.2. The molecule has 0 aliphatic rings. The highest BCUT2D eigenvalue weighted by Gasteiger charge is 2.31. The highest BCUT2D eigenvalue weighted by molar-refractivity contribution is 7.80. The second-order valence-electron chi connectivity index (χ2n) is 4.74. The maximum Gasteiger partial charge on any atom is 0.416 e. The second-order valence-corrected chi connectivity index (χ2v) is 5.55. The molecule has 122 valence electrons. The molecule has 0 bridgehead atoms. The van der Waals surface area contributed by atoms with Crippen LogP contribution in [-0.4, -0.2) is 5.11 Å². The lowest BCUT2D eigenvalue weighted by Gasteiger charge is -2.14. The van der Waals surface area contributed by atoms with Crippen molar-refractivity contribution in [3.05, 3.63) is 58.4 Å². The largest absolute Gasteiger partial charge is 0.416 e. The third-order valence-corrected chi connectivity index (χ3v) is 3.51. The molecule has 0 unspecified atom stereocenters. The molecule has 2 aromatic rings. The van der Waals surface area contributed by atoms with Crippen LogP contribution in [0.4, 0.5) is 28.9 Å². The lowest BCUT2D eigenvalue weighted by atomic mass is 10.2. The Hall–Kier alpha value is -1.86. The normalized spacial score (nSPS) is 11.2. The highest BCUT2D eigenvalue weighted by Crippen LogP contribution is 2.33. The lowest BCUT2D eigenvalue weighted by Crippen LogP contribution is -2.20. The third-order valence-electron chi connectivity index (χ3n) is 2.97. The summed E-state index contributed by atoms with van der Waals surface area (Å²) >= 11 is 10.9. The summed E-state index contributed by atoms with van der Waals surface area (Å²) in [6.07, 6.45) is -4.49. The summed E-state index contributed by atoms with van der Waals surface area (Å²) in [5.74, 6) is -0.421. The first kappa shape index (κ1) is 17.5. The maximum atomic E-state index is 13.5. The van der Waals surface area contributed by atoms with Gasteiger partial charge in [0.1, 0.15) is 5.82 Å². The summed E-state index contributed by atoms with van der Waals surface area (Å²) in [4.78, 5) is 0. The van der Waals surface area contributed by atoms with Gasteiger partial charge in [-0.3, -0.25) is 0 Å². The van der Waals surface area contributed by atoms with Gasteiger partial charge in [0, 0.05) is 5.69 Å². The molecule has 0 aromatic heterocycles. The number of hydrogen-bond acceptors (Lipinski definition) is 1. The number of benzene rings is 2. The maximum absolute atomic E-state index is 13.5. The van der Waals surface area contributed by atoms with Crippen LogP contribution < -0.4 is 10.6 Å². The molecule has 2 aromatic carbocycles. The molecule has 0 aliphatic heterocycles. The zero-order valence-corrected chi connectivity index (χ0v) is 13.3. The van der Waals surface area contributed by atoms with E-state index < -0.39 is 17.6 Å². The fourth-order valence-electron chi connectivity index (χ4n) is 1.75. The molecule has 0 radical (unpaired) electrons. The topological polar surface area (TPSA) is 24.1 Å². The summed E-state index contributed by atoms with van der Waals surface area (Å²) in [6.45, 7) is 1.61. The van der Waals surface area contributed by atoms with E-state index in [0.29, 0.717) is 11.3 Å². The van der Waals surface area contributed by atoms with E-state index in [-0.39, 0.29) is 15.8 Å². The number of hydrogen-bond donors (Lipinski definition) is 2. The smallest absolute Gasteiger partial charge is 0.332 e. The van der Waals surface area contributed by atoms with Crippen LogP contribution in [0.3, 0.4) is 0 Å². The Morgan fingerprint density at radius 3 is 2.39 bits per heavy atom. The van der Waals surface area contributed by atoms with E-state index in [1.54, 1.807) is 19.1 Å². The van der Waals surface area contributed by atoms with E-state index in [2.05, 4.69) is 10.6 Å². The predicted octanol–water partition coefficient (Wildman–Crippen LogP) is 5.62. The summed E-state index contributed by atoms with van der Waals surface area (Å²) in [7, 11) is 0. The van der Waals surface area contributed by atoms with Gasteiger partial charge in [-0.2, -0.15) is 13.2 Å². The fraction of sp³-hybridized carbons (Fsp3) is 0.133. The van der Waals surface area contributed by atoms with Crippen LogP contribution in [0, 0.1) is 12.7 Å². The van der Waals surface area contributed by atoms with Gasteiger partial charge in [0.25, 0.3) is 0 Å². The number of thiocarbonyl (C=S) groups is 1. The van der Waals surface area contributed by atoms with Gasteiger partial charge in [-0.15, -0.1) is 0 Å². The second kappa shape index (κ2) is 6.72. The Balaban J connectivity index is 2.15. The summed E-state index contributed by atoms with van der Waals surface area (Å²) in [6, 6.07) is 7.24. The van der Waals surface area contributed by atoms with E-state index in [1.807, 2.05) is 0 Å². The molecular formula is C15H11ClF4N2S. The van der Waals surface area contributed by atoms with Crippen LogP contribution in [0.25, 0.3) is 0 Å². The van der Waals surface area contributed by atoms with Gasteiger partial charge in [-0.25, -0.2) is 4.39 Å². The molecule has 2 N–H and O–H groups in total. The van der Waals surface area contributed by atoms with E-state index >= 15 is 0 Å². The standard InChI is InChI=1S/C15H11ClF4N2S/c1-8-2-4-10(7-12(8)17)21-14(23)22-13-6-9(15(18,19)20)3-5-11(13)16/h2-7H,1H3,(H2,21,22,23). The van der Waals surface area contributed by atoms with Crippen molar-refractivity contribution >= 4 is 40.3 Å². The van der Waals surface area contributed by atoms with Crippen LogP contribution in [0.15, 0.2) is 36.4 Å². The van der Waals surface area contributed by atoms with Crippen molar-refractivity contribution in [1.82, 2.24) is 0 Å². The van der Waals surface area contributed by atoms with E-state index in [1.165, 1.54) is 6.07 Å². The molecule has 0 heterocycles. The zero-order valence-electron chi connectivity index (χ0n) is 11.8. The fourth-order valence-corrected chi connectivity index (χ4v) is 2.15. The van der Waals surface area contributed by atoms with Crippen molar-refractivity contribution < 1.29 is 17.6 Å². The van der Waals surface area contributed by atoms with Crippen molar-refractivity contribution in [2.45, 2.75) is 13.1 Å². The molecule has 2 rings (SSSR count). The lowest BCUT2D eigenvalue weighted by molar-refractivity contribution is -0.137. The first-order chi connectivity index (χ1) is 10.7. The Morgan fingerprint density at radius 1 is 1.09 bits per heavy atom. The van der Waals surface area contributed by atoms with Gasteiger partial charge in [0.2, 0.25) is 0 Å². The van der Waals surface area contributed by atoms with Crippen molar-refractivity contribution in [1.29, 1.82) is 0 Å². The average Bonchev–Trinajstić information content (AvgIpc) is 2.44. The Labute approximate surface area is 140 Å². The monoisotopic (exact) mass is 362 g/mol. The first-order valence-corrected chi connectivity index (χ1v) is 7.16. The minimum atomic E-state index is -4.49. The van der Waals surface area contributed by atoms with Gasteiger partial charge in [0.15, 0.2) is 5.11 Å². The molecule has 0 amide bonds. The molecule has 8 heteroatoms. The molecule has 0 saturated heterocycles. The number of alkyl halides is 3. The molecule has 23 heavy (non-hydrogen) atoms. The molecule has 0 aliphatic carbocycles. The summed E-state index contributed by atoms with van der Waals surface area (Å²) < 4.78 is 51.6. The van der Waals surface area contributed by atoms with Crippen LogP contribution in [0.2, 0.25) is 5.02 Å². The van der Waals surface area contributed by atoms with Crippen molar-refractivity contribution in [2.75, 3.05) is 10.6 Å². The van der Waals surface area contributed by atoms with E-state index in [9.17, 15) is 17.6 Å². The summed E-state index contributed by atoms with van der Waals surface area (Å²) in [5, 5.41) is 5.33. The van der Waals surface area contributed by atoms with Crippen molar-refractivity contribution in [3.63, 3.8) is 0 Å². The van der Waals surface area contributed by atoms with Crippen LogP contribution >= 0.6 is 23.8 Å². The number of nitrogens with one attached hydrogen (secondary N) is 2. The number of rotatable bonds is 2. The third kappa shape index (κ3) is 4.56. The van der Waals surface area contributed by atoms with Crippen LogP contribution in [0.5, 0.6) is 0 Å². The van der Waals surface area contributed by atoms with Crippen LogP contribution in [-0.2, 0) is 6.18 Å². The van der Waals surface area contributed by atoms with E-state index in [0.717, 1.165) is 18.2 Å². The molecule has 2 nitrogen and oxygen atoms in total. The minimum absolute atomic E-state index is 0.00511. The Morgan fingerprint density at radius 2 is 1.78 bits per heavy atom. The minimum Gasteiger partial charge on any atom is -0.332 e. The Bertz CT molecular complexity index is 747. The van der Waals surface area contributed by atoms with Gasteiger partial charge >= 0.3 is 6.18 Å². The van der Waals surface area contributed by atoms with Crippen LogP contribution in [0.1, 0.15) is 11.1 Å². The first-order valence-electron chi connectivity index (χ1n) is 6.38. The highest BCUT2D eigenvalue weighted by atomic mass is 35.5.